The van der Waals surface area contributed by atoms with Gasteiger partial charge in [0.15, 0.2) is 0 Å². The maximum absolute atomic E-state index is 2.26. The van der Waals surface area contributed by atoms with Crippen LogP contribution in [0.2, 0.25) is 0 Å². The van der Waals surface area contributed by atoms with Crippen molar-refractivity contribution in [2.24, 2.45) is 0 Å². The zero-order valence-corrected chi connectivity index (χ0v) is 10.1. The minimum atomic E-state index is 1.27. The van der Waals surface area contributed by atoms with Gasteiger partial charge in [0.2, 0.25) is 0 Å². The first-order chi connectivity index (χ1) is 5.34. The summed E-state index contributed by atoms with van der Waals surface area (Å²) in [5.41, 5.74) is 1.56. The second kappa shape index (κ2) is 4.67. The molecule has 1 heteroatoms. The van der Waals surface area contributed by atoms with Gasteiger partial charge in [-0.15, -0.1) is 0 Å². The maximum atomic E-state index is 2.26. The molecule has 0 aliphatic heterocycles. The van der Waals surface area contributed by atoms with Crippen LogP contribution in [0.15, 0.2) is 24.3 Å². The summed E-state index contributed by atoms with van der Waals surface area (Å²) in [5, 5.41) is 0. The van der Waals surface area contributed by atoms with E-state index in [9.17, 15) is 0 Å². The third-order valence-electron chi connectivity index (χ3n) is 1.92. The molecule has 55 valence electrons. The second-order valence-electron chi connectivity index (χ2n) is 2.87. The van der Waals surface area contributed by atoms with Gasteiger partial charge in [-0.3, -0.25) is 0 Å². The quantitative estimate of drug-likeness (QED) is 0.654. The molecule has 0 nitrogen and oxygen atoms in total. The van der Waals surface area contributed by atoms with Crippen molar-refractivity contribution in [3.05, 3.63) is 29.8 Å². The Balaban J connectivity index is 2.62. The van der Waals surface area contributed by atoms with Crippen molar-refractivity contribution in [2.75, 3.05) is 0 Å². The molecule has 0 bridgehead atoms. The third-order valence-corrected chi connectivity index (χ3v) is 3.37. The Kier molecular flexibility index (Phi) is 3.79. The zero-order chi connectivity index (χ0) is 8.10. The molecule has 1 aromatic carbocycles. The topological polar surface area (TPSA) is 0 Å². The van der Waals surface area contributed by atoms with Crippen LogP contribution in [-0.2, 0) is 24.7 Å². The fraction of sp³-hybridized carbons (Fsp3) is 0.400. The van der Waals surface area contributed by atoms with E-state index >= 15 is 0 Å². The van der Waals surface area contributed by atoms with Gasteiger partial charge in [0.05, 0.1) is 0 Å². The number of unbranched alkanes of at least 4 members (excludes halogenated alkanes) is 1. The third kappa shape index (κ3) is 2.75. The Bertz CT molecular complexity index is 218. The molecule has 0 fully saturated rings. The van der Waals surface area contributed by atoms with Crippen molar-refractivity contribution in [3.8, 4) is 0 Å². The van der Waals surface area contributed by atoms with Gasteiger partial charge in [-0.2, -0.15) is 0 Å². The van der Waals surface area contributed by atoms with Crippen LogP contribution in [0.1, 0.15) is 25.3 Å². The first kappa shape index (κ1) is 8.94. The molecule has 0 radical (unpaired) electrons. The van der Waals surface area contributed by atoms with Crippen LogP contribution < -0.4 is 4.16 Å². The molecule has 0 spiro atoms. The molecule has 0 aromatic heterocycles. The van der Waals surface area contributed by atoms with Gasteiger partial charge >= 0.3 is 78.5 Å². The van der Waals surface area contributed by atoms with Gasteiger partial charge in [0.25, 0.3) is 0 Å². The van der Waals surface area contributed by atoms with Gasteiger partial charge in [-0.1, -0.05) is 0 Å². The Morgan fingerprint density at radius 3 is 2.64 bits per heavy atom. The number of aryl methyl sites for hydroxylation is 1. The van der Waals surface area contributed by atoms with Crippen molar-refractivity contribution in [1.29, 1.82) is 0 Å². The Morgan fingerprint density at radius 1 is 1.27 bits per heavy atom. The summed E-state index contributed by atoms with van der Waals surface area (Å²) < 4.78 is 1.56. The molecule has 0 aliphatic carbocycles. The van der Waals surface area contributed by atoms with E-state index in [0.29, 0.717) is 0 Å². The van der Waals surface area contributed by atoms with Crippen molar-refractivity contribution >= 4 is 4.16 Å². The minimum absolute atomic E-state index is 1.27. The number of hydrogen-bond acceptors (Lipinski definition) is 0. The summed E-state index contributed by atoms with van der Waals surface area (Å²) in [6, 6.07) is 8.78. The van der Waals surface area contributed by atoms with Crippen molar-refractivity contribution in [2.45, 2.75) is 26.2 Å². The summed E-state index contributed by atoms with van der Waals surface area (Å²) in [6.07, 6.45) is 3.90. The van der Waals surface area contributed by atoms with Crippen molar-refractivity contribution < 1.29 is 18.3 Å². The molecule has 0 heterocycles. The van der Waals surface area contributed by atoms with Gasteiger partial charge in [0.1, 0.15) is 0 Å². The normalized spacial score (nSPS) is 10.1. The predicted molar refractivity (Wildman–Crippen MR) is 44.7 cm³/mol. The fourth-order valence-corrected chi connectivity index (χ4v) is 2.07. The van der Waals surface area contributed by atoms with Crippen LogP contribution in [-0.4, -0.2) is 0 Å². The molecule has 0 saturated heterocycles. The van der Waals surface area contributed by atoms with Crippen molar-refractivity contribution in [1.82, 2.24) is 0 Å². The van der Waals surface area contributed by atoms with E-state index in [1.807, 2.05) is 0 Å². The van der Waals surface area contributed by atoms with Crippen LogP contribution in [0.25, 0.3) is 0 Å². The van der Waals surface area contributed by atoms with Gasteiger partial charge in [0, 0.05) is 0 Å². The predicted octanol–water partition coefficient (Wildman–Crippen LogP) is 2.20. The summed E-state index contributed by atoms with van der Waals surface area (Å²) in [5.74, 6) is 0. The fourth-order valence-electron chi connectivity index (χ4n) is 1.17. The molecule has 0 amide bonds. The molecule has 1 aromatic rings. The van der Waals surface area contributed by atoms with Gasteiger partial charge < -0.3 is 0 Å². The van der Waals surface area contributed by atoms with Crippen molar-refractivity contribution in [3.63, 3.8) is 0 Å². The average Bonchev–Trinajstić information content (AvgIpc) is 2.03. The molecule has 0 atom stereocenters. The van der Waals surface area contributed by atoms with E-state index in [4.69, 9.17) is 0 Å². The van der Waals surface area contributed by atoms with Crippen LogP contribution in [0.5, 0.6) is 0 Å². The Morgan fingerprint density at radius 2 is 2.00 bits per heavy atom. The molecule has 1 rings (SSSR count). The molecular weight excluding hydrogens is 185 g/mol. The summed E-state index contributed by atoms with van der Waals surface area (Å²) in [7, 11) is 0. The van der Waals surface area contributed by atoms with Crippen LogP contribution in [0.4, 0.5) is 0 Å². The van der Waals surface area contributed by atoms with E-state index in [1.54, 1.807) is 9.72 Å². The first-order valence-electron chi connectivity index (χ1n) is 4.24. The molecule has 0 saturated carbocycles. The average molecular weight is 199 g/mol. The second-order valence-corrected chi connectivity index (χ2v) is 4.47. The van der Waals surface area contributed by atoms with E-state index < -0.39 is 0 Å². The molecular formula is C10H13Zn. The number of hydrogen-bond donors (Lipinski definition) is 0. The number of benzene rings is 1. The monoisotopic (exact) mass is 197 g/mol. The standard InChI is InChI=1S/C10H13.Zn/c1-2-3-7-10-8-5-4-6-9-10;/h4-6,8H,2-3,7H2,1H3;. The van der Waals surface area contributed by atoms with Crippen LogP contribution >= 0.6 is 0 Å². The molecule has 11 heavy (non-hydrogen) atoms. The molecule has 0 aliphatic rings. The zero-order valence-electron chi connectivity index (χ0n) is 7.14. The summed E-state index contributed by atoms with van der Waals surface area (Å²) >= 11 is 1.29. The van der Waals surface area contributed by atoms with E-state index in [1.165, 1.54) is 37.6 Å². The first-order valence-corrected chi connectivity index (χ1v) is 5.73. The molecule has 0 unspecified atom stereocenters. The Hall–Kier alpha value is -0.157. The number of rotatable bonds is 3. The van der Waals surface area contributed by atoms with Gasteiger partial charge in [-0.05, 0) is 0 Å². The van der Waals surface area contributed by atoms with E-state index in [2.05, 4.69) is 31.2 Å². The summed E-state index contributed by atoms with van der Waals surface area (Å²) in [4.78, 5) is 0. The molecule has 0 N–H and O–H groups in total. The Labute approximate surface area is 78.7 Å². The van der Waals surface area contributed by atoms with E-state index in [-0.39, 0.29) is 0 Å². The van der Waals surface area contributed by atoms with Crippen LogP contribution in [0.3, 0.4) is 0 Å². The summed E-state index contributed by atoms with van der Waals surface area (Å²) in [6.45, 7) is 2.24. The van der Waals surface area contributed by atoms with Crippen LogP contribution in [0, 0.1) is 0 Å². The SMILES string of the molecule is CCCCc1cccc[c]1[Zn]. The van der Waals surface area contributed by atoms with E-state index in [0.717, 1.165) is 0 Å². The van der Waals surface area contributed by atoms with Gasteiger partial charge in [-0.25, -0.2) is 0 Å².